The molecule has 0 radical (unpaired) electrons. The number of amides is 1. The van der Waals surface area contributed by atoms with Gasteiger partial charge in [-0.3, -0.25) is 9.59 Å². The van der Waals surface area contributed by atoms with Crippen LogP contribution in [-0.2, 0) is 4.79 Å². The van der Waals surface area contributed by atoms with Crippen LogP contribution in [0.4, 0.5) is 5.69 Å². The third-order valence-electron chi connectivity index (χ3n) is 3.82. The third kappa shape index (κ3) is 5.06. The van der Waals surface area contributed by atoms with Gasteiger partial charge in [0.05, 0.1) is 5.69 Å². The standard InChI is InChI=1S/C21H16N4O3S/c1-13(26)28-18-8-4-14(5-9-18)19-12-29-21(25-19)16(10-22)11-24-17-6-2-15(3-7-17)20(23)27/h2-9,11-12,24H,1H3,(H2,23,27)/b16-11-. The Morgan fingerprint density at radius 1 is 1.17 bits per heavy atom. The van der Waals surface area contributed by atoms with Gasteiger partial charge in [0.25, 0.3) is 0 Å². The molecule has 0 fully saturated rings. The van der Waals surface area contributed by atoms with E-state index in [0.29, 0.717) is 33.3 Å². The molecule has 0 atom stereocenters. The molecule has 29 heavy (non-hydrogen) atoms. The Kier molecular flexibility index (Phi) is 6.02. The molecule has 0 aliphatic rings. The predicted molar refractivity (Wildman–Crippen MR) is 111 cm³/mol. The number of aromatic nitrogens is 1. The molecule has 1 heterocycles. The van der Waals surface area contributed by atoms with Crippen LogP contribution in [0.2, 0.25) is 0 Å². The van der Waals surface area contributed by atoms with E-state index in [2.05, 4.69) is 16.4 Å². The topological polar surface area (TPSA) is 118 Å². The molecule has 7 nitrogen and oxygen atoms in total. The summed E-state index contributed by atoms with van der Waals surface area (Å²) in [7, 11) is 0. The zero-order valence-electron chi connectivity index (χ0n) is 15.4. The monoisotopic (exact) mass is 404 g/mol. The maximum Gasteiger partial charge on any atom is 0.308 e. The second-order valence-corrected chi connectivity index (χ2v) is 6.77. The number of nitrogens with zero attached hydrogens (tertiary/aromatic N) is 2. The van der Waals surface area contributed by atoms with E-state index in [-0.39, 0.29) is 5.97 Å². The van der Waals surface area contributed by atoms with Gasteiger partial charge in [0.15, 0.2) is 0 Å². The Balaban J connectivity index is 1.75. The summed E-state index contributed by atoms with van der Waals surface area (Å²) in [4.78, 5) is 26.6. The molecule has 3 N–H and O–H groups in total. The molecule has 0 bridgehead atoms. The quantitative estimate of drug-likeness (QED) is 0.366. The first-order valence-electron chi connectivity index (χ1n) is 8.47. The Bertz CT molecular complexity index is 1110. The second-order valence-electron chi connectivity index (χ2n) is 5.91. The Hall–Kier alpha value is -3.96. The predicted octanol–water partition coefficient (Wildman–Crippen LogP) is 3.81. The number of nitriles is 1. The minimum absolute atomic E-state index is 0.372. The Morgan fingerprint density at radius 2 is 1.86 bits per heavy atom. The maximum atomic E-state index is 11.1. The van der Waals surface area contributed by atoms with Gasteiger partial charge in [-0.1, -0.05) is 0 Å². The minimum Gasteiger partial charge on any atom is -0.427 e. The first kappa shape index (κ1) is 19.8. The number of primary amides is 1. The van der Waals surface area contributed by atoms with Crippen molar-refractivity contribution in [1.82, 2.24) is 4.98 Å². The normalized spacial score (nSPS) is 10.8. The summed E-state index contributed by atoms with van der Waals surface area (Å²) in [5.74, 6) is -0.420. The largest absolute Gasteiger partial charge is 0.427 e. The highest BCUT2D eigenvalue weighted by molar-refractivity contribution is 7.11. The van der Waals surface area contributed by atoms with Gasteiger partial charge in [-0.15, -0.1) is 11.3 Å². The van der Waals surface area contributed by atoms with Gasteiger partial charge in [0.2, 0.25) is 5.91 Å². The molecule has 0 spiro atoms. The van der Waals surface area contributed by atoms with Crippen LogP contribution in [-0.4, -0.2) is 16.9 Å². The lowest BCUT2D eigenvalue weighted by Gasteiger charge is -2.03. The molecule has 1 aromatic heterocycles. The van der Waals surface area contributed by atoms with E-state index in [1.165, 1.54) is 18.3 Å². The number of rotatable bonds is 6. The summed E-state index contributed by atoms with van der Waals surface area (Å²) >= 11 is 1.34. The number of nitrogens with two attached hydrogens (primary N) is 1. The lowest BCUT2D eigenvalue weighted by atomic mass is 10.2. The van der Waals surface area contributed by atoms with Crippen LogP contribution in [0.1, 0.15) is 22.3 Å². The molecule has 144 valence electrons. The van der Waals surface area contributed by atoms with Gasteiger partial charge < -0.3 is 15.8 Å². The van der Waals surface area contributed by atoms with E-state index in [1.807, 2.05) is 5.38 Å². The molecule has 3 aromatic rings. The summed E-state index contributed by atoms with van der Waals surface area (Å²) < 4.78 is 5.02. The van der Waals surface area contributed by atoms with E-state index in [9.17, 15) is 14.9 Å². The Labute approximate surface area is 171 Å². The molecule has 2 aromatic carbocycles. The van der Waals surface area contributed by atoms with Crippen molar-refractivity contribution >= 4 is 34.5 Å². The van der Waals surface area contributed by atoms with E-state index in [4.69, 9.17) is 10.5 Å². The molecular weight excluding hydrogens is 388 g/mol. The van der Waals surface area contributed by atoms with Crippen LogP contribution in [0.3, 0.4) is 0 Å². The highest BCUT2D eigenvalue weighted by atomic mass is 32.1. The molecule has 8 heteroatoms. The highest BCUT2D eigenvalue weighted by Crippen LogP contribution is 2.27. The number of allylic oxidation sites excluding steroid dienone is 1. The van der Waals surface area contributed by atoms with Crippen molar-refractivity contribution in [2.75, 3.05) is 5.32 Å². The van der Waals surface area contributed by atoms with Gasteiger partial charge >= 0.3 is 5.97 Å². The van der Waals surface area contributed by atoms with Crippen molar-refractivity contribution < 1.29 is 14.3 Å². The van der Waals surface area contributed by atoms with Crippen molar-refractivity contribution in [1.29, 1.82) is 5.26 Å². The summed E-state index contributed by atoms with van der Waals surface area (Å²) in [6.45, 7) is 1.34. The molecule has 0 saturated heterocycles. The van der Waals surface area contributed by atoms with Gasteiger partial charge in [0, 0.05) is 35.3 Å². The first-order valence-corrected chi connectivity index (χ1v) is 9.35. The van der Waals surface area contributed by atoms with Gasteiger partial charge in [0.1, 0.15) is 22.4 Å². The smallest absolute Gasteiger partial charge is 0.308 e. The number of thiazole rings is 1. The van der Waals surface area contributed by atoms with Crippen molar-refractivity contribution in [3.8, 4) is 23.1 Å². The SMILES string of the molecule is CC(=O)Oc1ccc(-c2csc(/C(C#N)=C\Nc3ccc(C(N)=O)cc3)n2)cc1. The number of nitrogens with one attached hydrogen (secondary N) is 1. The van der Waals surface area contributed by atoms with Crippen LogP contribution in [0.25, 0.3) is 16.8 Å². The lowest BCUT2D eigenvalue weighted by Crippen LogP contribution is -2.10. The van der Waals surface area contributed by atoms with Crippen molar-refractivity contribution in [2.24, 2.45) is 5.73 Å². The molecule has 0 unspecified atom stereocenters. The van der Waals surface area contributed by atoms with Crippen LogP contribution in [0, 0.1) is 11.3 Å². The van der Waals surface area contributed by atoms with Crippen LogP contribution in [0.5, 0.6) is 5.75 Å². The van der Waals surface area contributed by atoms with Crippen LogP contribution < -0.4 is 15.8 Å². The first-order chi connectivity index (χ1) is 14.0. The molecule has 3 rings (SSSR count). The lowest BCUT2D eigenvalue weighted by molar-refractivity contribution is -0.131. The number of carbonyl (C=O) groups is 2. The van der Waals surface area contributed by atoms with E-state index in [1.54, 1.807) is 54.7 Å². The fraction of sp³-hybridized carbons (Fsp3) is 0.0476. The number of hydrogen-bond acceptors (Lipinski definition) is 7. The van der Waals surface area contributed by atoms with Gasteiger partial charge in [-0.05, 0) is 48.5 Å². The molecule has 0 aliphatic carbocycles. The number of anilines is 1. The summed E-state index contributed by atoms with van der Waals surface area (Å²) in [6.07, 6.45) is 1.56. The molecule has 0 aliphatic heterocycles. The number of carbonyl (C=O) groups excluding carboxylic acids is 2. The summed E-state index contributed by atoms with van der Waals surface area (Å²) in [5.41, 5.74) is 8.27. The van der Waals surface area contributed by atoms with E-state index < -0.39 is 5.91 Å². The van der Waals surface area contributed by atoms with E-state index in [0.717, 1.165) is 5.56 Å². The highest BCUT2D eigenvalue weighted by Gasteiger charge is 2.10. The van der Waals surface area contributed by atoms with Crippen LogP contribution >= 0.6 is 11.3 Å². The van der Waals surface area contributed by atoms with E-state index >= 15 is 0 Å². The zero-order chi connectivity index (χ0) is 20.8. The molecule has 1 amide bonds. The maximum absolute atomic E-state index is 11.1. The number of esters is 1. The van der Waals surface area contributed by atoms with Gasteiger partial charge in [-0.2, -0.15) is 5.26 Å². The summed E-state index contributed by atoms with van der Waals surface area (Å²) in [6, 6.07) is 15.7. The van der Waals surface area contributed by atoms with Crippen molar-refractivity contribution in [3.63, 3.8) is 0 Å². The average molecular weight is 404 g/mol. The number of hydrogen-bond donors (Lipinski definition) is 2. The fourth-order valence-corrected chi connectivity index (χ4v) is 3.21. The van der Waals surface area contributed by atoms with Gasteiger partial charge in [-0.25, -0.2) is 4.98 Å². The Morgan fingerprint density at radius 3 is 2.45 bits per heavy atom. The average Bonchev–Trinajstić information content (AvgIpc) is 3.19. The van der Waals surface area contributed by atoms with Crippen LogP contribution in [0.15, 0.2) is 60.1 Å². The van der Waals surface area contributed by atoms with Crippen molar-refractivity contribution in [2.45, 2.75) is 6.92 Å². The van der Waals surface area contributed by atoms with Crippen molar-refractivity contribution in [3.05, 3.63) is 70.7 Å². The molecular formula is C21H16N4O3S. The second kappa shape index (κ2) is 8.82. The number of benzene rings is 2. The third-order valence-corrected chi connectivity index (χ3v) is 4.69. The zero-order valence-corrected chi connectivity index (χ0v) is 16.2. The fourth-order valence-electron chi connectivity index (χ4n) is 2.42. The minimum atomic E-state index is -0.499. The summed E-state index contributed by atoms with van der Waals surface area (Å²) in [5, 5.41) is 14.9. The number of ether oxygens (including phenoxy) is 1. The molecule has 0 saturated carbocycles.